The lowest BCUT2D eigenvalue weighted by Gasteiger charge is -2.21. The Morgan fingerprint density at radius 3 is 2.07 bits per heavy atom. The van der Waals surface area contributed by atoms with Crippen molar-refractivity contribution >= 4 is 18.6 Å². The quantitative estimate of drug-likeness (QED) is 0.312. The predicted octanol–water partition coefficient (Wildman–Crippen LogP) is 5.50. The second-order valence-electron chi connectivity index (χ2n) is 6.51. The highest BCUT2D eigenvalue weighted by atomic mass is 31.2. The standard InChI is InChI=1S/C21H20NO5P/c1-15-10-12-20(17(3)13-15)26-28(25,18-7-5-4-6-8-18)27-21-14-16(2)9-11-19(21)22(23)24/h4-14H,1-3H3/t28-/m1/s1. The molecule has 0 unspecified atom stereocenters. The molecular formula is C21H20NO5P. The first-order valence-electron chi connectivity index (χ1n) is 8.66. The van der Waals surface area contributed by atoms with E-state index >= 15 is 0 Å². The number of hydrogen-bond donors (Lipinski definition) is 0. The largest absolute Gasteiger partial charge is 0.463 e. The zero-order valence-corrected chi connectivity index (χ0v) is 16.7. The number of hydrogen-bond acceptors (Lipinski definition) is 5. The van der Waals surface area contributed by atoms with E-state index in [0.717, 1.165) is 16.7 Å². The van der Waals surface area contributed by atoms with Crippen molar-refractivity contribution in [3.63, 3.8) is 0 Å². The Hall–Kier alpha value is -3.11. The van der Waals surface area contributed by atoms with Gasteiger partial charge in [-0.1, -0.05) is 42.0 Å². The minimum atomic E-state index is -3.95. The number of nitro groups is 1. The highest BCUT2D eigenvalue weighted by Gasteiger charge is 2.34. The molecule has 3 rings (SSSR count). The Morgan fingerprint density at radius 1 is 0.821 bits per heavy atom. The Morgan fingerprint density at radius 2 is 1.43 bits per heavy atom. The minimum absolute atomic E-state index is 0.0954. The van der Waals surface area contributed by atoms with Gasteiger partial charge in [-0.05, 0) is 56.2 Å². The summed E-state index contributed by atoms with van der Waals surface area (Å²) in [6, 6.07) is 18.3. The Bertz CT molecular complexity index is 1070. The normalized spacial score (nSPS) is 12.8. The van der Waals surface area contributed by atoms with Crippen LogP contribution in [0.2, 0.25) is 0 Å². The third-order valence-corrected chi connectivity index (χ3v) is 5.96. The van der Waals surface area contributed by atoms with E-state index in [2.05, 4.69) is 0 Å². The summed E-state index contributed by atoms with van der Waals surface area (Å²) in [6.07, 6.45) is 0. The molecule has 0 saturated carbocycles. The molecular weight excluding hydrogens is 377 g/mol. The van der Waals surface area contributed by atoms with Gasteiger partial charge in [0.15, 0.2) is 0 Å². The molecule has 0 amide bonds. The van der Waals surface area contributed by atoms with Gasteiger partial charge in [0, 0.05) is 6.07 Å². The molecule has 0 heterocycles. The topological polar surface area (TPSA) is 78.7 Å². The smallest absolute Gasteiger partial charge is 0.413 e. The van der Waals surface area contributed by atoms with Crippen LogP contribution in [-0.2, 0) is 4.57 Å². The summed E-state index contributed by atoms with van der Waals surface area (Å²) in [5.74, 6) is 0.301. The van der Waals surface area contributed by atoms with Crippen molar-refractivity contribution in [3.05, 3.63) is 93.5 Å². The molecule has 0 radical (unpaired) electrons. The van der Waals surface area contributed by atoms with E-state index in [9.17, 15) is 14.7 Å². The van der Waals surface area contributed by atoms with Crippen molar-refractivity contribution in [2.24, 2.45) is 0 Å². The second kappa shape index (κ2) is 7.87. The average Bonchev–Trinajstić information content (AvgIpc) is 2.64. The van der Waals surface area contributed by atoms with Gasteiger partial charge in [-0.3, -0.25) is 10.1 Å². The lowest BCUT2D eigenvalue weighted by atomic mass is 10.1. The van der Waals surface area contributed by atoms with E-state index in [1.165, 1.54) is 12.1 Å². The fourth-order valence-corrected chi connectivity index (χ4v) is 4.39. The third kappa shape index (κ3) is 4.24. The maximum absolute atomic E-state index is 13.8. The van der Waals surface area contributed by atoms with Crippen LogP contribution in [0.3, 0.4) is 0 Å². The monoisotopic (exact) mass is 397 g/mol. The van der Waals surface area contributed by atoms with Crippen LogP contribution in [0.1, 0.15) is 16.7 Å². The van der Waals surface area contributed by atoms with Gasteiger partial charge in [0.1, 0.15) is 5.75 Å². The summed E-state index contributed by atoms with van der Waals surface area (Å²) in [6.45, 7) is 5.56. The van der Waals surface area contributed by atoms with Crippen LogP contribution in [0.5, 0.6) is 11.5 Å². The molecule has 0 N–H and O–H groups in total. The maximum Gasteiger partial charge on any atom is 0.463 e. The first-order valence-corrected chi connectivity index (χ1v) is 10.2. The molecule has 0 spiro atoms. The van der Waals surface area contributed by atoms with E-state index < -0.39 is 12.5 Å². The first-order chi connectivity index (χ1) is 13.3. The molecule has 3 aromatic rings. The molecule has 0 aliphatic carbocycles. The number of benzene rings is 3. The molecule has 144 valence electrons. The summed E-state index contributed by atoms with van der Waals surface area (Å²) < 4.78 is 25.4. The van der Waals surface area contributed by atoms with Gasteiger partial charge in [-0.25, -0.2) is 4.57 Å². The molecule has 28 heavy (non-hydrogen) atoms. The molecule has 7 heteroatoms. The summed E-state index contributed by atoms with van der Waals surface area (Å²) in [7, 11) is -3.95. The summed E-state index contributed by atoms with van der Waals surface area (Å²) in [5.41, 5.74) is 2.30. The van der Waals surface area contributed by atoms with Crippen LogP contribution < -0.4 is 14.4 Å². The SMILES string of the molecule is Cc1ccc(O[P@@](=O)(Oc2cc(C)ccc2[N+](=O)[O-])c2ccccc2)c(C)c1. The summed E-state index contributed by atoms with van der Waals surface area (Å²) in [4.78, 5) is 10.8. The maximum atomic E-state index is 13.8. The number of aryl methyl sites for hydroxylation is 3. The van der Waals surface area contributed by atoms with Crippen molar-refractivity contribution in [2.45, 2.75) is 20.8 Å². The van der Waals surface area contributed by atoms with Crippen molar-refractivity contribution in [1.29, 1.82) is 0 Å². The molecule has 0 fully saturated rings. The van der Waals surface area contributed by atoms with Crippen molar-refractivity contribution in [1.82, 2.24) is 0 Å². The van der Waals surface area contributed by atoms with Crippen molar-refractivity contribution in [3.8, 4) is 11.5 Å². The first kappa shape index (κ1) is 19.6. The highest BCUT2D eigenvalue weighted by Crippen LogP contribution is 2.50. The molecule has 0 saturated heterocycles. The van der Waals surface area contributed by atoms with Gasteiger partial charge in [0.05, 0.1) is 10.2 Å². The van der Waals surface area contributed by atoms with Crippen LogP contribution >= 0.6 is 7.60 Å². The molecule has 0 aliphatic rings. The van der Waals surface area contributed by atoms with Crippen LogP contribution in [0.15, 0.2) is 66.7 Å². The van der Waals surface area contributed by atoms with Gasteiger partial charge in [-0.15, -0.1) is 0 Å². The fourth-order valence-electron chi connectivity index (χ4n) is 2.74. The molecule has 1 atom stereocenters. The van der Waals surface area contributed by atoms with Crippen LogP contribution in [0, 0.1) is 30.9 Å². The second-order valence-corrected chi connectivity index (χ2v) is 8.39. The minimum Gasteiger partial charge on any atom is -0.413 e. The Kier molecular flexibility index (Phi) is 5.52. The number of rotatable bonds is 6. The zero-order chi connectivity index (χ0) is 20.3. The predicted molar refractivity (Wildman–Crippen MR) is 109 cm³/mol. The molecule has 6 nitrogen and oxygen atoms in total. The molecule has 0 aromatic heterocycles. The van der Waals surface area contributed by atoms with Gasteiger partial charge in [0.2, 0.25) is 5.75 Å². The molecule has 0 aliphatic heterocycles. The van der Waals surface area contributed by atoms with E-state index in [4.69, 9.17) is 9.05 Å². The molecule has 3 aromatic carbocycles. The lowest BCUT2D eigenvalue weighted by molar-refractivity contribution is -0.385. The highest BCUT2D eigenvalue weighted by molar-refractivity contribution is 7.63. The lowest BCUT2D eigenvalue weighted by Crippen LogP contribution is -2.15. The van der Waals surface area contributed by atoms with Crippen LogP contribution in [-0.4, -0.2) is 4.92 Å². The van der Waals surface area contributed by atoms with Crippen molar-refractivity contribution < 1.29 is 18.5 Å². The molecule has 0 bridgehead atoms. The number of nitro benzene ring substituents is 1. The third-order valence-electron chi connectivity index (χ3n) is 4.15. The van der Waals surface area contributed by atoms with Gasteiger partial charge >= 0.3 is 13.3 Å². The van der Waals surface area contributed by atoms with Gasteiger partial charge < -0.3 is 9.05 Å². The average molecular weight is 397 g/mol. The Labute approximate surface area is 163 Å². The van der Waals surface area contributed by atoms with Gasteiger partial charge in [0.25, 0.3) is 0 Å². The Balaban J connectivity index is 2.09. The van der Waals surface area contributed by atoms with E-state index in [1.54, 1.807) is 49.4 Å². The van der Waals surface area contributed by atoms with Crippen molar-refractivity contribution in [2.75, 3.05) is 0 Å². The number of nitrogens with zero attached hydrogens (tertiary/aromatic N) is 1. The summed E-state index contributed by atoms with van der Waals surface area (Å²) in [5, 5.41) is 11.7. The van der Waals surface area contributed by atoms with Crippen LogP contribution in [0.25, 0.3) is 0 Å². The van der Waals surface area contributed by atoms with E-state index in [-0.39, 0.29) is 11.4 Å². The zero-order valence-electron chi connectivity index (χ0n) is 15.8. The fraction of sp³-hybridized carbons (Fsp3) is 0.143. The van der Waals surface area contributed by atoms with Crippen LogP contribution in [0.4, 0.5) is 5.69 Å². The summed E-state index contributed by atoms with van der Waals surface area (Å²) >= 11 is 0. The van der Waals surface area contributed by atoms with E-state index in [0.29, 0.717) is 11.1 Å². The van der Waals surface area contributed by atoms with Gasteiger partial charge in [-0.2, -0.15) is 0 Å². The van der Waals surface area contributed by atoms with E-state index in [1.807, 2.05) is 26.0 Å².